The normalized spacial score (nSPS) is 36.3. The van der Waals surface area contributed by atoms with Gasteiger partial charge in [0.05, 0.1) is 6.54 Å². The number of fused-ring (bicyclic) bond motifs is 2. The van der Waals surface area contributed by atoms with E-state index in [0.717, 1.165) is 18.5 Å². The molecule has 120 valence electrons. The van der Waals surface area contributed by atoms with E-state index in [2.05, 4.69) is 50.5 Å². The van der Waals surface area contributed by atoms with Gasteiger partial charge in [0.25, 0.3) is 0 Å². The summed E-state index contributed by atoms with van der Waals surface area (Å²) >= 11 is 1.80. The Kier molecular flexibility index (Phi) is 3.50. The lowest BCUT2D eigenvalue weighted by Crippen LogP contribution is -2.59. The average Bonchev–Trinajstić information content (AvgIpc) is 3.26. The molecule has 0 radical (unpaired) electrons. The first-order valence-electron chi connectivity index (χ1n) is 8.81. The van der Waals surface area contributed by atoms with Crippen LogP contribution in [0, 0.1) is 5.92 Å². The SMILES string of the molecule is c1ccc([C@H]2CN(Cc3nccs3)[C@@H]3C4CCN(CC4)[C@H]23)cc1. The molecule has 2 bridgehead atoms. The summed E-state index contributed by atoms with van der Waals surface area (Å²) in [5.41, 5.74) is 1.52. The average molecular weight is 325 g/mol. The maximum atomic E-state index is 4.54. The van der Waals surface area contributed by atoms with E-state index in [1.54, 1.807) is 11.3 Å². The summed E-state index contributed by atoms with van der Waals surface area (Å²) in [5, 5.41) is 3.38. The molecule has 0 spiro atoms. The van der Waals surface area contributed by atoms with Crippen LogP contribution in [-0.2, 0) is 6.54 Å². The van der Waals surface area contributed by atoms with Crippen molar-refractivity contribution in [2.75, 3.05) is 19.6 Å². The van der Waals surface area contributed by atoms with Gasteiger partial charge in [-0.25, -0.2) is 4.98 Å². The second-order valence-electron chi connectivity index (χ2n) is 7.23. The van der Waals surface area contributed by atoms with Crippen molar-refractivity contribution in [2.24, 2.45) is 5.92 Å². The number of thiazole rings is 1. The molecule has 4 saturated heterocycles. The Hall–Kier alpha value is -1.23. The monoisotopic (exact) mass is 325 g/mol. The zero-order valence-corrected chi connectivity index (χ0v) is 14.2. The summed E-state index contributed by atoms with van der Waals surface area (Å²) in [6.45, 7) is 4.83. The zero-order valence-electron chi connectivity index (χ0n) is 13.3. The highest BCUT2D eigenvalue weighted by Gasteiger charge is 2.53. The minimum absolute atomic E-state index is 0.657. The number of piperidine rings is 3. The quantitative estimate of drug-likeness (QED) is 0.864. The number of hydrogen-bond donors (Lipinski definition) is 0. The molecule has 4 aliphatic rings. The molecule has 0 saturated carbocycles. The molecule has 0 N–H and O–H groups in total. The third kappa shape index (κ3) is 2.35. The maximum absolute atomic E-state index is 4.54. The van der Waals surface area contributed by atoms with Gasteiger partial charge in [-0.15, -0.1) is 11.3 Å². The van der Waals surface area contributed by atoms with E-state index in [-0.39, 0.29) is 0 Å². The second-order valence-corrected chi connectivity index (χ2v) is 8.21. The lowest BCUT2D eigenvalue weighted by Gasteiger charge is -2.51. The minimum atomic E-state index is 0.657. The molecule has 1 aromatic carbocycles. The van der Waals surface area contributed by atoms with Crippen molar-refractivity contribution in [1.29, 1.82) is 0 Å². The molecule has 2 aromatic rings. The molecular formula is C19H23N3S. The van der Waals surface area contributed by atoms with E-state index < -0.39 is 0 Å². The largest absolute Gasteiger partial charge is 0.298 e. The Labute approximate surface area is 142 Å². The molecular weight excluding hydrogens is 302 g/mol. The van der Waals surface area contributed by atoms with Gasteiger partial charge in [-0.3, -0.25) is 9.80 Å². The van der Waals surface area contributed by atoms with Gasteiger partial charge in [-0.2, -0.15) is 0 Å². The highest BCUT2D eigenvalue weighted by molar-refractivity contribution is 7.09. The molecule has 23 heavy (non-hydrogen) atoms. The van der Waals surface area contributed by atoms with E-state index in [9.17, 15) is 0 Å². The molecule has 0 amide bonds. The standard InChI is InChI=1S/C19H23N3S/c1-2-4-14(5-3-1)16-12-22(13-17-20-8-11-23-17)18-15-6-9-21(10-7-15)19(16)18/h1-5,8,11,15-16,18-19H,6-7,9-10,12-13H2/t16-,18-,19-/m1/s1. The molecule has 3 nitrogen and oxygen atoms in total. The zero-order chi connectivity index (χ0) is 15.2. The fourth-order valence-corrected chi connectivity index (χ4v) is 5.86. The number of rotatable bonds is 3. The van der Waals surface area contributed by atoms with E-state index in [1.807, 2.05) is 6.20 Å². The molecule has 1 aromatic heterocycles. The van der Waals surface area contributed by atoms with Gasteiger partial charge in [0.15, 0.2) is 0 Å². The summed E-state index contributed by atoms with van der Waals surface area (Å²) < 4.78 is 0. The third-order valence-electron chi connectivity index (χ3n) is 6.14. The molecule has 4 heteroatoms. The van der Waals surface area contributed by atoms with Crippen LogP contribution >= 0.6 is 11.3 Å². The van der Waals surface area contributed by atoms with E-state index in [4.69, 9.17) is 0 Å². The maximum Gasteiger partial charge on any atom is 0.107 e. The van der Waals surface area contributed by atoms with Crippen LogP contribution in [0.15, 0.2) is 41.9 Å². The van der Waals surface area contributed by atoms with E-state index in [0.29, 0.717) is 12.0 Å². The van der Waals surface area contributed by atoms with Crippen molar-refractivity contribution in [1.82, 2.24) is 14.8 Å². The van der Waals surface area contributed by atoms with Gasteiger partial charge in [-0.05, 0) is 37.4 Å². The minimum Gasteiger partial charge on any atom is -0.298 e. The van der Waals surface area contributed by atoms with Gasteiger partial charge >= 0.3 is 0 Å². The number of hydrogen-bond acceptors (Lipinski definition) is 4. The predicted molar refractivity (Wildman–Crippen MR) is 93.6 cm³/mol. The first-order valence-corrected chi connectivity index (χ1v) is 9.69. The van der Waals surface area contributed by atoms with Crippen LogP contribution in [0.5, 0.6) is 0 Å². The van der Waals surface area contributed by atoms with E-state index in [1.165, 1.54) is 43.0 Å². The Morgan fingerprint density at radius 1 is 1.09 bits per heavy atom. The summed E-state index contributed by atoms with van der Waals surface area (Å²) in [5.74, 6) is 1.54. The lowest BCUT2D eigenvalue weighted by molar-refractivity contribution is -0.00870. The van der Waals surface area contributed by atoms with Crippen molar-refractivity contribution < 1.29 is 0 Å². The molecule has 5 heterocycles. The summed E-state index contributed by atoms with van der Waals surface area (Å²) in [6.07, 6.45) is 4.72. The van der Waals surface area contributed by atoms with Gasteiger partial charge in [0, 0.05) is 36.1 Å². The van der Waals surface area contributed by atoms with Gasteiger partial charge in [0.2, 0.25) is 0 Å². The van der Waals surface area contributed by atoms with Crippen molar-refractivity contribution in [3.05, 3.63) is 52.5 Å². The molecule has 0 unspecified atom stereocenters. The van der Waals surface area contributed by atoms with Crippen LogP contribution in [0.1, 0.15) is 29.3 Å². The molecule has 0 aliphatic carbocycles. The van der Waals surface area contributed by atoms with Gasteiger partial charge in [-0.1, -0.05) is 30.3 Å². The summed E-state index contributed by atoms with van der Waals surface area (Å²) in [7, 11) is 0. The smallest absolute Gasteiger partial charge is 0.107 e. The number of aromatic nitrogens is 1. The topological polar surface area (TPSA) is 19.4 Å². The fourth-order valence-electron chi connectivity index (χ4n) is 5.22. The van der Waals surface area contributed by atoms with Crippen molar-refractivity contribution in [2.45, 2.75) is 37.4 Å². The van der Waals surface area contributed by atoms with Crippen molar-refractivity contribution in [3.63, 3.8) is 0 Å². The van der Waals surface area contributed by atoms with Crippen molar-refractivity contribution in [3.8, 4) is 0 Å². The third-order valence-corrected chi connectivity index (χ3v) is 6.91. The molecule has 4 fully saturated rings. The Balaban J connectivity index is 1.49. The molecule has 6 rings (SSSR count). The number of nitrogens with zero attached hydrogens (tertiary/aromatic N) is 3. The van der Waals surface area contributed by atoms with Crippen molar-refractivity contribution >= 4 is 11.3 Å². The highest BCUT2D eigenvalue weighted by atomic mass is 32.1. The molecule has 4 aliphatic heterocycles. The Bertz CT molecular complexity index is 649. The van der Waals surface area contributed by atoms with Gasteiger partial charge < -0.3 is 0 Å². The van der Waals surface area contributed by atoms with Crippen LogP contribution in [0.4, 0.5) is 0 Å². The van der Waals surface area contributed by atoms with E-state index >= 15 is 0 Å². The van der Waals surface area contributed by atoms with Crippen LogP contribution in [0.2, 0.25) is 0 Å². The second kappa shape index (κ2) is 5.69. The molecule has 3 atom stereocenters. The first-order chi connectivity index (χ1) is 11.4. The number of likely N-dealkylation sites (tertiary alicyclic amines) is 1. The lowest BCUT2D eigenvalue weighted by atomic mass is 9.75. The van der Waals surface area contributed by atoms with Crippen LogP contribution in [0.3, 0.4) is 0 Å². The van der Waals surface area contributed by atoms with Crippen LogP contribution in [-0.4, -0.2) is 46.5 Å². The highest BCUT2D eigenvalue weighted by Crippen LogP contribution is 2.46. The van der Waals surface area contributed by atoms with Gasteiger partial charge in [0.1, 0.15) is 5.01 Å². The fraction of sp³-hybridized carbons (Fsp3) is 0.526. The Morgan fingerprint density at radius 2 is 1.91 bits per heavy atom. The summed E-state index contributed by atoms with van der Waals surface area (Å²) in [4.78, 5) is 10.1. The Morgan fingerprint density at radius 3 is 2.65 bits per heavy atom. The first kappa shape index (κ1) is 14.1. The summed E-state index contributed by atoms with van der Waals surface area (Å²) in [6, 6.07) is 12.6. The predicted octanol–water partition coefficient (Wildman–Crippen LogP) is 3.21. The number of benzene rings is 1. The van der Waals surface area contributed by atoms with Crippen LogP contribution in [0.25, 0.3) is 0 Å². The van der Waals surface area contributed by atoms with Crippen LogP contribution < -0.4 is 0 Å².